The van der Waals surface area contributed by atoms with E-state index in [9.17, 15) is 4.79 Å². The first-order valence-corrected chi connectivity index (χ1v) is 8.61. The Morgan fingerprint density at radius 2 is 2.04 bits per heavy atom. The van der Waals surface area contributed by atoms with Crippen LogP contribution in [0.1, 0.15) is 28.9 Å². The lowest BCUT2D eigenvalue weighted by molar-refractivity contribution is 0.0926. The third kappa shape index (κ3) is 3.07. The molecule has 2 N–H and O–H groups in total. The number of carbonyl (C=O) groups excluding carboxylic acids is 1. The molecule has 1 aliphatic rings. The van der Waals surface area contributed by atoms with E-state index in [-0.39, 0.29) is 11.9 Å². The largest absolute Gasteiger partial charge is 0.355 e. The number of rotatable bonds is 3. The number of nitrogens with zero attached hydrogens (tertiary/aromatic N) is 3. The van der Waals surface area contributed by atoms with Gasteiger partial charge in [-0.3, -0.25) is 9.78 Å². The average Bonchev–Trinajstić information content (AvgIpc) is 3.00. The highest BCUT2D eigenvalue weighted by atomic mass is 16.2. The fourth-order valence-corrected chi connectivity index (χ4v) is 3.47. The number of aromatic nitrogens is 3. The molecule has 1 fully saturated rings. The molecule has 25 heavy (non-hydrogen) atoms. The van der Waals surface area contributed by atoms with Crippen molar-refractivity contribution in [1.29, 1.82) is 0 Å². The van der Waals surface area contributed by atoms with Gasteiger partial charge in [-0.05, 0) is 31.4 Å². The summed E-state index contributed by atoms with van der Waals surface area (Å²) in [5, 5.41) is 4.28. The molecular formula is C19H21N5O. The van der Waals surface area contributed by atoms with Gasteiger partial charge in [0.05, 0.1) is 6.20 Å². The molecule has 3 heterocycles. The zero-order chi connectivity index (χ0) is 17.2. The van der Waals surface area contributed by atoms with E-state index in [1.54, 1.807) is 18.6 Å². The normalized spacial score (nSPS) is 15.5. The Balaban J connectivity index is 1.41. The third-order valence-corrected chi connectivity index (χ3v) is 4.90. The van der Waals surface area contributed by atoms with Crippen LogP contribution in [0.15, 0.2) is 42.9 Å². The van der Waals surface area contributed by atoms with Crippen molar-refractivity contribution in [3.05, 3.63) is 54.1 Å². The Hall–Kier alpha value is -2.89. The quantitative estimate of drug-likeness (QED) is 0.772. The van der Waals surface area contributed by atoms with Gasteiger partial charge in [-0.1, -0.05) is 18.2 Å². The summed E-state index contributed by atoms with van der Waals surface area (Å²) in [6, 6.07) is 8.19. The van der Waals surface area contributed by atoms with Gasteiger partial charge < -0.3 is 15.2 Å². The first-order chi connectivity index (χ1) is 12.2. The molecule has 0 unspecified atom stereocenters. The second-order valence-corrected chi connectivity index (χ2v) is 6.47. The predicted molar refractivity (Wildman–Crippen MR) is 97.8 cm³/mol. The molecule has 1 saturated heterocycles. The van der Waals surface area contributed by atoms with Gasteiger partial charge in [-0.25, -0.2) is 4.98 Å². The SMILES string of the molecule is Cc1c(C(=O)NC2CCN(c3cnccn3)CC2)[nH]c2ccccc12. The number of anilines is 1. The molecular weight excluding hydrogens is 314 g/mol. The Labute approximate surface area is 146 Å². The molecule has 1 amide bonds. The van der Waals surface area contributed by atoms with Gasteiger partial charge in [0, 0.05) is 42.4 Å². The van der Waals surface area contributed by atoms with Gasteiger partial charge in [-0.2, -0.15) is 0 Å². The molecule has 0 spiro atoms. The minimum atomic E-state index is -0.0216. The number of carbonyl (C=O) groups is 1. The van der Waals surface area contributed by atoms with Gasteiger partial charge in [0.15, 0.2) is 0 Å². The van der Waals surface area contributed by atoms with Gasteiger partial charge >= 0.3 is 0 Å². The number of piperidine rings is 1. The molecule has 0 saturated carbocycles. The summed E-state index contributed by atoms with van der Waals surface area (Å²) in [7, 11) is 0. The van der Waals surface area contributed by atoms with Crippen molar-refractivity contribution in [1.82, 2.24) is 20.3 Å². The molecule has 2 aromatic heterocycles. The van der Waals surface area contributed by atoms with Gasteiger partial charge in [-0.15, -0.1) is 0 Å². The lowest BCUT2D eigenvalue weighted by Gasteiger charge is -2.32. The summed E-state index contributed by atoms with van der Waals surface area (Å²) >= 11 is 0. The molecule has 0 aliphatic carbocycles. The second kappa shape index (κ2) is 6.55. The third-order valence-electron chi connectivity index (χ3n) is 4.90. The van der Waals surface area contributed by atoms with Crippen LogP contribution in [0.25, 0.3) is 10.9 Å². The topological polar surface area (TPSA) is 73.9 Å². The van der Waals surface area contributed by atoms with Crippen molar-refractivity contribution in [3.63, 3.8) is 0 Å². The van der Waals surface area contributed by atoms with Gasteiger partial charge in [0.25, 0.3) is 5.91 Å². The number of benzene rings is 1. The highest BCUT2D eigenvalue weighted by Gasteiger charge is 2.23. The molecule has 1 aliphatic heterocycles. The van der Waals surface area contributed by atoms with E-state index in [1.807, 2.05) is 31.2 Å². The lowest BCUT2D eigenvalue weighted by atomic mass is 10.0. The fourth-order valence-electron chi connectivity index (χ4n) is 3.47. The van der Waals surface area contributed by atoms with Gasteiger partial charge in [0.1, 0.15) is 11.5 Å². The first kappa shape index (κ1) is 15.6. The molecule has 4 rings (SSSR count). The maximum absolute atomic E-state index is 12.7. The van der Waals surface area contributed by atoms with Crippen molar-refractivity contribution in [2.24, 2.45) is 0 Å². The maximum Gasteiger partial charge on any atom is 0.268 e. The number of amides is 1. The summed E-state index contributed by atoms with van der Waals surface area (Å²) in [6.45, 7) is 3.73. The number of hydrogen-bond acceptors (Lipinski definition) is 4. The number of hydrogen-bond donors (Lipinski definition) is 2. The van der Waals surface area contributed by atoms with Crippen LogP contribution < -0.4 is 10.2 Å². The molecule has 0 radical (unpaired) electrons. The van der Waals surface area contributed by atoms with Gasteiger partial charge in [0.2, 0.25) is 0 Å². The van der Waals surface area contributed by atoms with Crippen molar-refractivity contribution in [3.8, 4) is 0 Å². The number of nitrogens with one attached hydrogen (secondary N) is 2. The summed E-state index contributed by atoms with van der Waals surface area (Å²) in [4.78, 5) is 26.6. The van der Waals surface area contributed by atoms with E-state index in [0.29, 0.717) is 5.69 Å². The van der Waals surface area contributed by atoms with Crippen molar-refractivity contribution in [2.45, 2.75) is 25.8 Å². The number of fused-ring (bicyclic) bond motifs is 1. The molecule has 3 aromatic rings. The predicted octanol–water partition coefficient (Wildman–Crippen LogP) is 2.67. The zero-order valence-electron chi connectivity index (χ0n) is 14.2. The molecule has 128 valence electrons. The molecule has 6 nitrogen and oxygen atoms in total. The van der Waals surface area contributed by atoms with E-state index < -0.39 is 0 Å². The lowest BCUT2D eigenvalue weighted by Crippen LogP contribution is -2.45. The van der Waals surface area contributed by atoms with E-state index in [0.717, 1.165) is 48.2 Å². The number of aromatic amines is 1. The fraction of sp³-hybridized carbons (Fsp3) is 0.316. The first-order valence-electron chi connectivity index (χ1n) is 8.61. The van der Waals surface area contributed by atoms with E-state index in [1.165, 1.54) is 0 Å². The Kier molecular flexibility index (Phi) is 4.09. The van der Waals surface area contributed by atoms with Crippen molar-refractivity contribution >= 4 is 22.6 Å². The highest BCUT2D eigenvalue weighted by molar-refractivity contribution is 6.00. The summed E-state index contributed by atoms with van der Waals surface area (Å²) in [5.74, 6) is 0.880. The highest BCUT2D eigenvalue weighted by Crippen LogP contribution is 2.22. The minimum Gasteiger partial charge on any atom is -0.355 e. The average molecular weight is 335 g/mol. The summed E-state index contributed by atoms with van der Waals surface area (Å²) in [6.07, 6.45) is 6.98. The molecule has 1 aromatic carbocycles. The van der Waals surface area contributed by atoms with E-state index in [2.05, 4.69) is 25.2 Å². The smallest absolute Gasteiger partial charge is 0.268 e. The summed E-state index contributed by atoms with van der Waals surface area (Å²) < 4.78 is 0. The minimum absolute atomic E-state index is 0.0216. The Bertz CT molecular complexity index is 881. The molecule has 0 bridgehead atoms. The van der Waals surface area contributed by atoms with Crippen LogP contribution in [-0.4, -0.2) is 40.0 Å². The van der Waals surface area contributed by atoms with Crippen LogP contribution in [0.3, 0.4) is 0 Å². The number of aryl methyl sites for hydroxylation is 1. The Morgan fingerprint density at radius 1 is 1.24 bits per heavy atom. The van der Waals surface area contributed by atoms with Crippen LogP contribution in [0.4, 0.5) is 5.82 Å². The van der Waals surface area contributed by atoms with Crippen LogP contribution >= 0.6 is 0 Å². The van der Waals surface area contributed by atoms with E-state index >= 15 is 0 Å². The molecule has 6 heteroatoms. The molecule has 0 atom stereocenters. The second-order valence-electron chi connectivity index (χ2n) is 6.47. The number of para-hydroxylation sites is 1. The van der Waals surface area contributed by atoms with Crippen LogP contribution in [-0.2, 0) is 0 Å². The van der Waals surface area contributed by atoms with Crippen molar-refractivity contribution < 1.29 is 4.79 Å². The monoisotopic (exact) mass is 335 g/mol. The van der Waals surface area contributed by atoms with E-state index in [4.69, 9.17) is 0 Å². The van der Waals surface area contributed by atoms with Crippen molar-refractivity contribution in [2.75, 3.05) is 18.0 Å². The van der Waals surface area contributed by atoms with Crippen LogP contribution in [0.5, 0.6) is 0 Å². The van der Waals surface area contributed by atoms with Crippen LogP contribution in [0, 0.1) is 6.92 Å². The zero-order valence-corrected chi connectivity index (χ0v) is 14.2. The summed E-state index contributed by atoms with van der Waals surface area (Å²) in [5.41, 5.74) is 2.67. The Morgan fingerprint density at radius 3 is 2.76 bits per heavy atom. The number of H-pyrrole nitrogens is 1. The standard InChI is InChI=1S/C19H21N5O/c1-13-15-4-2-3-5-16(15)23-18(13)19(25)22-14-6-10-24(11-7-14)17-12-20-8-9-21-17/h2-5,8-9,12,14,23H,6-7,10-11H2,1H3,(H,22,25). The van der Waals surface area contributed by atoms with Crippen LogP contribution in [0.2, 0.25) is 0 Å². The maximum atomic E-state index is 12.7.